The predicted octanol–water partition coefficient (Wildman–Crippen LogP) is 1.40. The number of amides is 1. The monoisotopic (exact) mass is 267 g/mol. The molecule has 0 saturated heterocycles. The van der Waals surface area contributed by atoms with E-state index in [9.17, 15) is 4.79 Å². The molecule has 0 atom stereocenters. The second-order valence-corrected chi connectivity index (χ2v) is 4.18. The zero-order valence-corrected chi connectivity index (χ0v) is 10.9. The molecule has 6 heteroatoms. The Morgan fingerprint density at radius 2 is 2.10 bits per heavy atom. The van der Waals surface area contributed by atoms with Gasteiger partial charge in [-0.05, 0) is 18.2 Å². The highest BCUT2D eigenvalue weighted by Crippen LogP contribution is 2.26. The van der Waals surface area contributed by atoms with E-state index in [1.165, 1.54) is 12.3 Å². The summed E-state index contributed by atoms with van der Waals surface area (Å²) in [6, 6.07) is 10.7. The number of primary amides is 1. The first-order chi connectivity index (χ1) is 9.54. The van der Waals surface area contributed by atoms with Crippen molar-refractivity contribution in [2.45, 2.75) is 0 Å². The van der Waals surface area contributed by atoms with Crippen LogP contribution in [-0.4, -0.2) is 17.9 Å². The summed E-state index contributed by atoms with van der Waals surface area (Å²) in [7, 11) is 1.75. The average Bonchev–Trinajstić information content (AvgIpc) is 2.46. The van der Waals surface area contributed by atoms with E-state index in [1.54, 1.807) is 30.1 Å². The van der Waals surface area contributed by atoms with Crippen molar-refractivity contribution < 1.29 is 4.79 Å². The van der Waals surface area contributed by atoms with Gasteiger partial charge in [-0.25, -0.2) is 4.98 Å². The summed E-state index contributed by atoms with van der Waals surface area (Å²) >= 11 is 0. The van der Waals surface area contributed by atoms with E-state index in [0.29, 0.717) is 17.1 Å². The number of anilines is 3. The number of nitrogen functional groups attached to an aromatic ring is 1. The largest absolute Gasteiger partial charge is 0.397 e. The van der Waals surface area contributed by atoms with Crippen LogP contribution in [0.2, 0.25) is 0 Å². The van der Waals surface area contributed by atoms with Crippen LogP contribution in [0.15, 0.2) is 36.5 Å². The van der Waals surface area contributed by atoms with Gasteiger partial charge in [0.05, 0.1) is 28.7 Å². The number of aromatic nitrogens is 1. The highest BCUT2D eigenvalue weighted by Gasteiger charge is 2.13. The zero-order valence-electron chi connectivity index (χ0n) is 10.9. The molecular weight excluding hydrogens is 254 g/mol. The number of carbonyl (C=O) groups is 1. The minimum atomic E-state index is -0.617. The number of para-hydroxylation sites is 1. The van der Waals surface area contributed by atoms with Gasteiger partial charge in [-0.3, -0.25) is 4.79 Å². The first-order valence-corrected chi connectivity index (χ1v) is 5.82. The SMILES string of the molecule is CN(c1cc(C(N)=O)c(N)cn1)c1ccccc1C#N. The van der Waals surface area contributed by atoms with Gasteiger partial charge < -0.3 is 16.4 Å². The molecule has 0 saturated carbocycles. The Bertz CT molecular complexity index is 705. The lowest BCUT2D eigenvalue weighted by Gasteiger charge is -2.20. The van der Waals surface area contributed by atoms with Gasteiger partial charge in [-0.15, -0.1) is 0 Å². The second kappa shape index (κ2) is 5.28. The zero-order chi connectivity index (χ0) is 14.7. The smallest absolute Gasteiger partial charge is 0.250 e. The lowest BCUT2D eigenvalue weighted by Crippen LogP contribution is -2.17. The van der Waals surface area contributed by atoms with Gasteiger partial charge in [0.15, 0.2) is 0 Å². The molecule has 100 valence electrons. The molecule has 0 aliphatic heterocycles. The van der Waals surface area contributed by atoms with Gasteiger partial charge in [-0.2, -0.15) is 5.26 Å². The van der Waals surface area contributed by atoms with E-state index >= 15 is 0 Å². The number of hydrogen-bond acceptors (Lipinski definition) is 5. The summed E-state index contributed by atoms with van der Waals surface area (Å²) in [5.41, 5.74) is 12.5. The highest BCUT2D eigenvalue weighted by molar-refractivity contribution is 5.98. The number of nitriles is 1. The molecule has 0 unspecified atom stereocenters. The molecule has 6 nitrogen and oxygen atoms in total. The molecule has 0 spiro atoms. The van der Waals surface area contributed by atoms with Crippen molar-refractivity contribution in [2.24, 2.45) is 5.73 Å². The first kappa shape index (κ1) is 13.4. The molecule has 4 N–H and O–H groups in total. The first-order valence-electron chi connectivity index (χ1n) is 5.82. The number of nitrogens with two attached hydrogens (primary N) is 2. The van der Waals surface area contributed by atoms with E-state index < -0.39 is 5.91 Å². The van der Waals surface area contributed by atoms with Gasteiger partial charge in [0, 0.05) is 7.05 Å². The Kier molecular flexibility index (Phi) is 3.53. The standard InChI is InChI=1S/C14H13N5O/c1-19(12-5-3-2-4-9(12)7-15)13-6-10(14(17)20)11(16)8-18-13/h2-6,8H,16H2,1H3,(H2,17,20). The fourth-order valence-corrected chi connectivity index (χ4v) is 1.84. The van der Waals surface area contributed by atoms with Crippen LogP contribution < -0.4 is 16.4 Å². The summed E-state index contributed by atoms with van der Waals surface area (Å²) in [4.78, 5) is 17.2. The van der Waals surface area contributed by atoms with Gasteiger partial charge in [-0.1, -0.05) is 12.1 Å². The lowest BCUT2D eigenvalue weighted by atomic mass is 10.1. The number of pyridine rings is 1. The van der Waals surface area contributed by atoms with Crippen molar-refractivity contribution in [2.75, 3.05) is 17.7 Å². The normalized spacial score (nSPS) is 9.80. The van der Waals surface area contributed by atoms with Crippen molar-refractivity contribution in [3.63, 3.8) is 0 Å². The maximum Gasteiger partial charge on any atom is 0.250 e. The summed E-state index contributed by atoms with van der Waals surface area (Å²) in [5.74, 6) is -0.135. The Morgan fingerprint density at radius 3 is 2.75 bits per heavy atom. The Morgan fingerprint density at radius 1 is 1.40 bits per heavy atom. The van der Waals surface area contributed by atoms with Crippen molar-refractivity contribution in [1.82, 2.24) is 4.98 Å². The third-order valence-electron chi connectivity index (χ3n) is 2.92. The number of hydrogen-bond donors (Lipinski definition) is 2. The number of carbonyl (C=O) groups excluding carboxylic acids is 1. The highest BCUT2D eigenvalue weighted by atomic mass is 16.1. The quantitative estimate of drug-likeness (QED) is 0.873. The summed E-state index contributed by atoms with van der Waals surface area (Å²) in [6.07, 6.45) is 1.38. The molecule has 0 radical (unpaired) electrons. The van der Waals surface area contributed by atoms with Crippen molar-refractivity contribution >= 4 is 23.1 Å². The van der Waals surface area contributed by atoms with Crippen LogP contribution in [0.3, 0.4) is 0 Å². The van der Waals surface area contributed by atoms with Crippen LogP contribution >= 0.6 is 0 Å². The number of benzene rings is 1. The van der Waals surface area contributed by atoms with Crippen LogP contribution in [0.4, 0.5) is 17.2 Å². The average molecular weight is 267 g/mol. The van der Waals surface area contributed by atoms with Crippen LogP contribution in [0.5, 0.6) is 0 Å². The van der Waals surface area contributed by atoms with Crippen molar-refractivity contribution in [1.29, 1.82) is 5.26 Å². The molecule has 2 aromatic rings. The second-order valence-electron chi connectivity index (χ2n) is 4.18. The van der Waals surface area contributed by atoms with Gasteiger partial charge >= 0.3 is 0 Å². The number of nitrogens with zero attached hydrogens (tertiary/aromatic N) is 3. The lowest BCUT2D eigenvalue weighted by molar-refractivity contribution is 0.100. The Hall–Kier alpha value is -3.07. The molecule has 20 heavy (non-hydrogen) atoms. The molecule has 1 aromatic carbocycles. The minimum absolute atomic E-state index is 0.205. The molecule has 2 rings (SSSR count). The fraction of sp³-hybridized carbons (Fsp3) is 0.0714. The fourth-order valence-electron chi connectivity index (χ4n) is 1.84. The van der Waals surface area contributed by atoms with E-state index in [0.717, 1.165) is 0 Å². The predicted molar refractivity (Wildman–Crippen MR) is 76.4 cm³/mol. The third kappa shape index (κ3) is 2.37. The summed E-state index contributed by atoms with van der Waals surface area (Å²) in [6.45, 7) is 0. The molecule has 0 bridgehead atoms. The molecule has 0 aliphatic carbocycles. The Labute approximate surface area is 116 Å². The van der Waals surface area contributed by atoms with Gasteiger partial charge in [0.1, 0.15) is 11.9 Å². The van der Waals surface area contributed by atoms with Crippen LogP contribution in [-0.2, 0) is 0 Å². The van der Waals surface area contributed by atoms with Crippen molar-refractivity contribution in [3.05, 3.63) is 47.7 Å². The molecule has 0 aliphatic rings. The van der Waals surface area contributed by atoms with E-state index in [-0.39, 0.29) is 11.3 Å². The van der Waals surface area contributed by atoms with Gasteiger partial charge in [0.25, 0.3) is 5.91 Å². The number of rotatable bonds is 3. The van der Waals surface area contributed by atoms with Crippen LogP contribution in [0, 0.1) is 11.3 Å². The van der Waals surface area contributed by atoms with Gasteiger partial charge in [0.2, 0.25) is 0 Å². The molecule has 1 heterocycles. The topological polar surface area (TPSA) is 109 Å². The third-order valence-corrected chi connectivity index (χ3v) is 2.92. The maximum absolute atomic E-state index is 11.3. The van der Waals surface area contributed by atoms with E-state index in [2.05, 4.69) is 11.1 Å². The molecule has 1 aromatic heterocycles. The summed E-state index contributed by atoms with van der Waals surface area (Å²) in [5, 5.41) is 9.11. The van der Waals surface area contributed by atoms with Crippen LogP contribution in [0.1, 0.15) is 15.9 Å². The van der Waals surface area contributed by atoms with Crippen molar-refractivity contribution in [3.8, 4) is 6.07 Å². The summed E-state index contributed by atoms with van der Waals surface area (Å²) < 4.78 is 0. The molecular formula is C14H13N5O. The minimum Gasteiger partial charge on any atom is -0.397 e. The maximum atomic E-state index is 11.3. The van der Waals surface area contributed by atoms with E-state index in [1.807, 2.05) is 6.07 Å². The molecule has 0 fully saturated rings. The van der Waals surface area contributed by atoms with E-state index in [4.69, 9.17) is 16.7 Å². The molecule has 1 amide bonds. The van der Waals surface area contributed by atoms with Crippen LogP contribution in [0.25, 0.3) is 0 Å². The Balaban J connectivity index is 2.49.